The maximum atomic E-state index is 13.8. The van der Waals surface area contributed by atoms with Gasteiger partial charge in [-0.05, 0) is 61.4 Å². The van der Waals surface area contributed by atoms with Crippen LogP contribution in [0.5, 0.6) is 11.5 Å². The Bertz CT molecular complexity index is 1500. The molecular formula is C28H29N3O7S. The number of imide groups is 1. The highest BCUT2D eigenvalue weighted by atomic mass is 32.2. The van der Waals surface area contributed by atoms with E-state index < -0.39 is 33.8 Å². The molecule has 2 N–H and O–H groups in total. The van der Waals surface area contributed by atoms with E-state index in [2.05, 4.69) is 0 Å². The smallest absolute Gasteiger partial charge is 0.257 e. The third-order valence-corrected chi connectivity index (χ3v) is 7.51. The molecule has 0 bridgehead atoms. The van der Waals surface area contributed by atoms with Gasteiger partial charge in [0.2, 0.25) is 15.9 Å². The van der Waals surface area contributed by atoms with E-state index in [4.69, 9.17) is 14.6 Å². The molecule has 0 spiro atoms. The SMILES string of the molecule is COc1ccc(C(=O)N(CCc2ccc(S(N)(=O)=O)cc2)C2CC(=O)N(c3ccc(C)cc3)C2=O)cc1OC. The fourth-order valence-electron chi connectivity index (χ4n) is 4.45. The number of methoxy groups -OCH3 is 2. The molecule has 3 aromatic rings. The molecular weight excluding hydrogens is 522 g/mol. The Labute approximate surface area is 227 Å². The van der Waals surface area contributed by atoms with Crippen molar-refractivity contribution in [3.05, 3.63) is 83.4 Å². The van der Waals surface area contributed by atoms with E-state index in [-0.39, 0.29) is 23.4 Å². The highest BCUT2D eigenvalue weighted by Gasteiger charge is 2.44. The van der Waals surface area contributed by atoms with Crippen molar-refractivity contribution in [2.75, 3.05) is 25.7 Å². The monoisotopic (exact) mass is 551 g/mol. The van der Waals surface area contributed by atoms with Crippen molar-refractivity contribution in [1.29, 1.82) is 0 Å². The first-order valence-corrected chi connectivity index (χ1v) is 13.7. The number of carbonyl (C=O) groups excluding carboxylic acids is 3. The third kappa shape index (κ3) is 5.94. The van der Waals surface area contributed by atoms with Crippen molar-refractivity contribution in [2.24, 2.45) is 5.14 Å². The Kier molecular flexibility index (Phi) is 8.03. The highest BCUT2D eigenvalue weighted by molar-refractivity contribution is 7.89. The fraction of sp³-hybridized carbons (Fsp3) is 0.250. The topological polar surface area (TPSA) is 136 Å². The molecule has 1 saturated heterocycles. The zero-order valence-corrected chi connectivity index (χ0v) is 22.6. The molecule has 1 heterocycles. The summed E-state index contributed by atoms with van der Waals surface area (Å²) in [7, 11) is -0.915. The number of primary sulfonamides is 1. The number of sulfonamides is 1. The van der Waals surface area contributed by atoms with E-state index in [9.17, 15) is 22.8 Å². The Morgan fingerprint density at radius 1 is 0.974 bits per heavy atom. The van der Waals surface area contributed by atoms with E-state index in [1.54, 1.807) is 48.5 Å². The normalized spacial score (nSPS) is 15.4. The summed E-state index contributed by atoms with van der Waals surface area (Å²) in [4.78, 5) is 42.8. The van der Waals surface area contributed by atoms with E-state index >= 15 is 0 Å². The predicted molar refractivity (Wildman–Crippen MR) is 144 cm³/mol. The van der Waals surface area contributed by atoms with Gasteiger partial charge < -0.3 is 14.4 Å². The van der Waals surface area contributed by atoms with Crippen LogP contribution in [0.25, 0.3) is 0 Å². The molecule has 1 aliphatic heterocycles. The maximum absolute atomic E-state index is 13.8. The van der Waals surface area contributed by atoms with Gasteiger partial charge >= 0.3 is 0 Å². The van der Waals surface area contributed by atoms with Gasteiger partial charge in [-0.25, -0.2) is 18.5 Å². The minimum absolute atomic E-state index is 0.0326. The van der Waals surface area contributed by atoms with E-state index in [1.807, 2.05) is 6.92 Å². The van der Waals surface area contributed by atoms with Crippen molar-refractivity contribution in [3.63, 3.8) is 0 Å². The Morgan fingerprint density at radius 2 is 1.62 bits per heavy atom. The lowest BCUT2D eigenvalue weighted by Gasteiger charge is -2.28. The number of carbonyl (C=O) groups is 3. The molecule has 0 aromatic heterocycles. The number of rotatable bonds is 9. The van der Waals surface area contributed by atoms with E-state index in [1.165, 1.54) is 37.3 Å². The van der Waals surface area contributed by atoms with Crippen LogP contribution < -0.4 is 19.5 Å². The van der Waals surface area contributed by atoms with Crippen LogP contribution in [0.15, 0.2) is 71.6 Å². The minimum atomic E-state index is -3.85. The van der Waals surface area contributed by atoms with Crippen LogP contribution in [0.2, 0.25) is 0 Å². The molecule has 1 aliphatic rings. The maximum Gasteiger partial charge on any atom is 0.257 e. The second-order valence-electron chi connectivity index (χ2n) is 9.13. The van der Waals surface area contributed by atoms with Gasteiger partial charge in [0.05, 0.1) is 31.2 Å². The lowest BCUT2D eigenvalue weighted by atomic mass is 10.1. The van der Waals surface area contributed by atoms with Crippen molar-refractivity contribution in [2.45, 2.75) is 30.7 Å². The molecule has 0 saturated carbocycles. The van der Waals surface area contributed by atoms with Gasteiger partial charge in [-0.15, -0.1) is 0 Å². The number of nitrogens with two attached hydrogens (primary N) is 1. The number of hydrogen-bond acceptors (Lipinski definition) is 7. The number of benzene rings is 3. The van der Waals surface area contributed by atoms with Crippen LogP contribution in [-0.4, -0.2) is 57.8 Å². The molecule has 0 radical (unpaired) electrons. The van der Waals surface area contributed by atoms with Gasteiger partial charge in [-0.1, -0.05) is 29.8 Å². The first kappa shape index (κ1) is 27.8. The fourth-order valence-corrected chi connectivity index (χ4v) is 4.97. The summed E-state index contributed by atoms with van der Waals surface area (Å²) in [5.41, 5.74) is 2.40. The number of anilines is 1. The molecule has 4 rings (SSSR count). The highest BCUT2D eigenvalue weighted by Crippen LogP contribution is 2.31. The molecule has 11 heteroatoms. The average molecular weight is 552 g/mol. The molecule has 1 fully saturated rings. The first-order valence-electron chi connectivity index (χ1n) is 12.1. The second kappa shape index (κ2) is 11.3. The molecule has 0 aliphatic carbocycles. The van der Waals surface area contributed by atoms with Crippen LogP contribution >= 0.6 is 0 Å². The summed E-state index contributed by atoms with van der Waals surface area (Å²) in [6.07, 6.45) is 0.128. The van der Waals surface area contributed by atoms with Crippen molar-refractivity contribution < 1.29 is 32.3 Å². The standard InChI is InChI=1S/C28H29N3O7S/c1-18-4-9-21(10-5-18)31-26(32)17-23(28(31)34)30(15-14-19-6-11-22(12-7-19)39(29,35)36)27(33)20-8-13-24(37-2)25(16-20)38-3/h4-13,16,23H,14-15,17H2,1-3H3,(H2,29,35,36). The Balaban J connectivity index is 1.66. The van der Waals surface area contributed by atoms with Crippen LogP contribution in [0.1, 0.15) is 27.9 Å². The average Bonchev–Trinajstić information content (AvgIpc) is 3.21. The van der Waals surface area contributed by atoms with Crippen molar-refractivity contribution in [3.8, 4) is 11.5 Å². The van der Waals surface area contributed by atoms with Gasteiger partial charge in [-0.3, -0.25) is 14.4 Å². The lowest BCUT2D eigenvalue weighted by molar-refractivity contribution is -0.122. The second-order valence-corrected chi connectivity index (χ2v) is 10.7. The third-order valence-electron chi connectivity index (χ3n) is 6.58. The largest absolute Gasteiger partial charge is 0.493 e. The molecule has 10 nitrogen and oxygen atoms in total. The number of nitrogens with zero attached hydrogens (tertiary/aromatic N) is 2. The summed E-state index contributed by atoms with van der Waals surface area (Å²) in [6.45, 7) is 1.99. The number of hydrogen-bond donors (Lipinski definition) is 1. The Hall–Kier alpha value is -4.22. The molecule has 204 valence electrons. The van der Waals surface area contributed by atoms with E-state index in [0.717, 1.165) is 16.0 Å². The van der Waals surface area contributed by atoms with Crippen LogP contribution in [0, 0.1) is 6.92 Å². The quantitative estimate of drug-likeness (QED) is 0.404. The van der Waals surface area contributed by atoms with Gasteiger partial charge in [0.15, 0.2) is 11.5 Å². The zero-order valence-electron chi connectivity index (χ0n) is 21.8. The van der Waals surface area contributed by atoms with Gasteiger partial charge in [0, 0.05) is 12.1 Å². The molecule has 3 aromatic carbocycles. The lowest BCUT2D eigenvalue weighted by Crippen LogP contribution is -2.46. The van der Waals surface area contributed by atoms with E-state index in [0.29, 0.717) is 23.6 Å². The molecule has 3 amide bonds. The number of aryl methyl sites for hydroxylation is 1. The first-order chi connectivity index (χ1) is 18.5. The van der Waals surface area contributed by atoms with Crippen LogP contribution in [0.3, 0.4) is 0 Å². The summed E-state index contributed by atoms with van der Waals surface area (Å²) in [5, 5.41) is 5.18. The van der Waals surface area contributed by atoms with Crippen molar-refractivity contribution >= 4 is 33.4 Å². The molecule has 1 unspecified atom stereocenters. The summed E-state index contributed by atoms with van der Waals surface area (Å²) >= 11 is 0. The molecule has 1 atom stereocenters. The molecule has 39 heavy (non-hydrogen) atoms. The van der Waals surface area contributed by atoms with Crippen molar-refractivity contribution in [1.82, 2.24) is 4.90 Å². The van der Waals surface area contributed by atoms with Gasteiger partial charge in [0.25, 0.3) is 11.8 Å². The Morgan fingerprint density at radius 3 is 2.21 bits per heavy atom. The van der Waals surface area contributed by atoms with Crippen LogP contribution in [-0.2, 0) is 26.0 Å². The van der Waals surface area contributed by atoms with Crippen LogP contribution in [0.4, 0.5) is 5.69 Å². The van der Waals surface area contributed by atoms with Gasteiger partial charge in [-0.2, -0.15) is 0 Å². The van der Waals surface area contributed by atoms with Gasteiger partial charge in [0.1, 0.15) is 6.04 Å². The summed E-state index contributed by atoms with van der Waals surface area (Å²) in [5.74, 6) is -0.585. The zero-order chi connectivity index (χ0) is 28.3. The number of ether oxygens (including phenoxy) is 2. The summed E-state index contributed by atoms with van der Waals surface area (Å²) < 4.78 is 33.8. The summed E-state index contributed by atoms with van der Waals surface area (Å²) in [6, 6.07) is 16.6. The predicted octanol–water partition coefficient (Wildman–Crippen LogP) is 2.68. The number of amides is 3. The minimum Gasteiger partial charge on any atom is -0.493 e.